The third-order valence-corrected chi connectivity index (χ3v) is 10.8. The van der Waals surface area contributed by atoms with Crippen LogP contribution in [0.3, 0.4) is 0 Å². The second-order valence-corrected chi connectivity index (χ2v) is 22.8. The van der Waals surface area contributed by atoms with Gasteiger partial charge in [-0.15, -0.1) is 6.42 Å². The van der Waals surface area contributed by atoms with E-state index in [9.17, 15) is 19.2 Å². The van der Waals surface area contributed by atoms with E-state index in [1.165, 1.54) is 7.11 Å². The molecule has 0 aliphatic carbocycles. The van der Waals surface area contributed by atoms with E-state index in [1.54, 1.807) is 48.1 Å². The van der Waals surface area contributed by atoms with Crippen LogP contribution < -0.4 is 5.32 Å². The van der Waals surface area contributed by atoms with Crippen LogP contribution in [0.4, 0.5) is 0 Å². The zero-order valence-corrected chi connectivity index (χ0v) is 61.0. The number of amides is 2. The lowest BCUT2D eigenvalue weighted by Gasteiger charge is -2.14. The lowest BCUT2D eigenvalue weighted by molar-refractivity contribution is -0.141. The van der Waals surface area contributed by atoms with Gasteiger partial charge in [-0.1, -0.05) is 283 Å². The Hall–Kier alpha value is -5.84. The summed E-state index contributed by atoms with van der Waals surface area (Å²) in [5.74, 6) is 10.2. The Bertz CT molecular complexity index is 2060. The number of unbranched alkanes of at least 4 members (excludes halogenated alkanes) is 6. The third kappa shape index (κ3) is 120. The van der Waals surface area contributed by atoms with Gasteiger partial charge >= 0.3 is 11.9 Å². The number of aliphatic carboxylic acids is 1. The molecule has 0 bridgehead atoms. The molecule has 0 saturated heterocycles. The van der Waals surface area contributed by atoms with Crippen molar-refractivity contribution in [1.29, 1.82) is 0 Å². The lowest BCUT2D eigenvalue weighted by Crippen LogP contribution is -2.26. The van der Waals surface area contributed by atoms with Crippen molar-refractivity contribution in [3.05, 3.63) is 145 Å². The molecule has 6 N–H and O–H groups in total. The van der Waals surface area contributed by atoms with Gasteiger partial charge in [0.25, 0.3) is 0 Å². The zero-order valence-electron chi connectivity index (χ0n) is 59.5. The number of esters is 1. The number of aliphatic hydroxyl groups excluding tert-OH is 4. The molecule has 0 aliphatic rings. The summed E-state index contributed by atoms with van der Waals surface area (Å²) in [6.45, 7) is 31.5. The first-order valence-electron chi connectivity index (χ1n) is 32.1. The Balaban J connectivity index is -0.000000151. The second-order valence-electron chi connectivity index (χ2n) is 22.3. The number of nitrogens with one attached hydrogen (secondary N) is 1. The topological polar surface area (TPSA) is 197 Å². The molecule has 516 valence electrons. The molecule has 2 amide bonds. The maximum atomic E-state index is 11.9. The molecule has 0 aromatic rings. The van der Waals surface area contributed by atoms with Gasteiger partial charge in [-0.05, 0) is 92.6 Å². The van der Waals surface area contributed by atoms with Gasteiger partial charge in [0.15, 0.2) is 0 Å². The minimum Gasteiger partial charge on any atom is -0.481 e. The molecule has 0 fully saturated rings. The molecule has 0 spiro atoms. The van der Waals surface area contributed by atoms with Gasteiger partial charge in [-0.25, -0.2) is 0 Å². The predicted octanol–water partition coefficient (Wildman–Crippen LogP) is 16.3. The number of carboxylic acid groups (broad SMARTS) is 1. The maximum absolute atomic E-state index is 11.9. The Kier molecular flexibility index (Phi) is 95.0. The molecule has 13 nitrogen and oxygen atoms in total. The Morgan fingerprint density at radius 1 is 0.522 bits per heavy atom. The van der Waals surface area contributed by atoms with Gasteiger partial charge in [0.1, 0.15) is 13.2 Å². The zero-order chi connectivity index (χ0) is 70.4. The lowest BCUT2D eigenvalue weighted by atomic mass is 10.1. The van der Waals surface area contributed by atoms with E-state index in [-0.39, 0.29) is 44.0 Å². The second kappa shape index (κ2) is 85.2. The highest BCUT2D eigenvalue weighted by molar-refractivity contribution is 9.11. The van der Waals surface area contributed by atoms with Crippen LogP contribution in [0.15, 0.2) is 145 Å². The third-order valence-electron chi connectivity index (χ3n) is 10.5. The number of nitrogens with zero attached hydrogens (tertiary/aromatic N) is 2. The van der Waals surface area contributed by atoms with Gasteiger partial charge in [0.2, 0.25) is 11.8 Å². The number of halogens is 1. The molecule has 0 rings (SSSR count). The highest BCUT2D eigenvalue weighted by Crippen LogP contribution is 2.09. The molecule has 0 aromatic heterocycles. The van der Waals surface area contributed by atoms with Gasteiger partial charge in [0.05, 0.1) is 19.8 Å². The Morgan fingerprint density at radius 3 is 1.20 bits per heavy atom. The van der Waals surface area contributed by atoms with Gasteiger partial charge < -0.3 is 45.4 Å². The summed E-state index contributed by atoms with van der Waals surface area (Å²) in [5.41, 5.74) is 0. The smallest absolute Gasteiger partial charge is 0.305 e. The number of methoxy groups -OCH3 is 1. The van der Waals surface area contributed by atoms with E-state index < -0.39 is 12.1 Å². The summed E-state index contributed by atoms with van der Waals surface area (Å²) in [7, 11) is 6.94. The van der Waals surface area contributed by atoms with Gasteiger partial charge in [0, 0.05) is 59.4 Å². The predicted molar refractivity (Wildman–Crippen MR) is 392 cm³/mol. The summed E-state index contributed by atoms with van der Waals surface area (Å²) >= 11 is 3.17. The van der Waals surface area contributed by atoms with Crippen molar-refractivity contribution >= 4 is 39.7 Å². The van der Waals surface area contributed by atoms with Gasteiger partial charge in [-0.2, -0.15) is 0 Å². The molecule has 0 aromatic carbocycles. The van der Waals surface area contributed by atoms with Crippen LogP contribution in [0.2, 0.25) is 0 Å². The van der Waals surface area contributed by atoms with E-state index in [0.717, 1.165) is 57.9 Å². The van der Waals surface area contributed by atoms with Crippen LogP contribution in [0.1, 0.15) is 180 Å². The van der Waals surface area contributed by atoms with E-state index in [1.807, 2.05) is 73.6 Å². The summed E-state index contributed by atoms with van der Waals surface area (Å²) in [6.07, 6.45) is 59.4. The van der Waals surface area contributed by atoms with Crippen LogP contribution in [0.5, 0.6) is 0 Å². The molecule has 0 radical (unpaired) electrons. The average Bonchev–Trinajstić information content (AvgIpc) is 3.62. The Labute approximate surface area is 560 Å². The van der Waals surface area contributed by atoms with Crippen LogP contribution >= 0.6 is 15.9 Å². The highest BCUT2D eigenvalue weighted by atomic mass is 79.9. The number of hydrogen-bond donors (Lipinski definition) is 6. The number of rotatable bonds is 34. The molecule has 1 atom stereocenters. The number of ether oxygens (including phenoxy) is 1. The van der Waals surface area contributed by atoms with Crippen molar-refractivity contribution in [2.45, 2.75) is 187 Å². The minimum atomic E-state index is -0.762. The summed E-state index contributed by atoms with van der Waals surface area (Å²) in [6, 6.07) is 0. The first-order chi connectivity index (χ1) is 42.7. The van der Waals surface area contributed by atoms with Crippen molar-refractivity contribution in [1.82, 2.24) is 15.1 Å². The van der Waals surface area contributed by atoms with E-state index in [2.05, 4.69) is 201 Å². The molecule has 0 saturated carbocycles. The van der Waals surface area contributed by atoms with Crippen molar-refractivity contribution in [3.63, 3.8) is 0 Å². The monoisotopic (exact) mass is 1320 g/mol. The van der Waals surface area contributed by atoms with Crippen LogP contribution in [-0.4, -0.2) is 133 Å². The van der Waals surface area contributed by atoms with Crippen molar-refractivity contribution in [3.8, 4) is 24.2 Å². The van der Waals surface area contributed by atoms with Crippen molar-refractivity contribution < 1.29 is 49.4 Å². The van der Waals surface area contributed by atoms with Gasteiger partial charge in [-0.3, -0.25) is 19.2 Å². The fraction of sp³-hybridized carbons (Fsp3) is 0.579. The normalized spacial score (nSPS) is 11.6. The summed E-state index contributed by atoms with van der Waals surface area (Å²) < 4.78 is 4.58. The molecule has 1 unspecified atom stereocenters. The summed E-state index contributed by atoms with van der Waals surface area (Å²) in [4.78, 5) is 50.2. The molecule has 0 heterocycles. The molecular formula is C76H130BrN3O10. The Morgan fingerprint density at radius 2 is 0.889 bits per heavy atom. The van der Waals surface area contributed by atoms with Crippen molar-refractivity contribution in [2.75, 3.05) is 67.7 Å². The van der Waals surface area contributed by atoms with E-state index in [0.29, 0.717) is 74.3 Å². The fourth-order valence-corrected chi connectivity index (χ4v) is 6.18. The number of carbonyl (C=O) groups excluding carboxylic acids is 3. The fourth-order valence-electron chi connectivity index (χ4n) is 5.57. The quantitative estimate of drug-likeness (QED) is 0.0155. The standard InChI is InChI=1S/C18H31NO3.C16H27NO4.C9H17N.C9H16.C8H14O.C8H12O.C5H9Br.C3H4O/c1-16(2)12-8-7-11-15-19(3)17(20)13-9-5-6-10-14-18(21)22-4;1-14(18)10-6-5-9-13-17(2)15(19)11-7-3-4-8-12-16(20)21;1-9(2)7-5-4-6-8-10-3;1-4-5-6-7-8-9(2)3;2*1-8(2)6-4-3-5-7-9;1-5(2)3-4-6;1-2-3-4/h7-8,11-12,16H,5-6,9-10,13-15H2,1-4H3;5-6,9-10,14,18H,3-4,7-8,11-13H2,1-2H3,(H,20,21);4-7,9-10H,8H2,1-3H3;5-9H,4H2,1-3H3;3-6,8-9H,7H2,1-2H3;4,6,8-9H,7H2,1-2H3;3-5H,1-2H3;1,4H,3H2/b11-7-,12-8+;9-5-,10-6+;6-4-,7-5+;6-5-,8-7+;5-3-,6-4+;6-4+;4-3+;. The number of likely N-dealkylation sites (N-methyl/N-ethyl adjacent to an activating group) is 3. The summed E-state index contributed by atoms with van der Waals surface area (Å²) in [5, 5.41) is 44.7. The number of carboxylic acids is 1. The maximum Gasteiger partial charge on any atom is 0.305 e. The number of allylic oxidation sites excluding steroid dienone is 18. The molecule has 14 heteroatoms. The number of hydrogen-bond acceptors (Lipinski definition) is 10. The highest BCUT2D eigenvalue weighted by Gasteiger charge is 2.08. The van der Waals surface area contributed by atoms with E-state index in [4.69, 9.17) is 25.5 Å². The SMILES string of the molecule is C#CCO.CC(C)/C=C/Br.CC(C)/C=C/C#CCO.CC(C)/C=C/C=C\CO.CC(O)/C=C/C=C\CN(C)C(=O)CCCCCCC(=O)O.CC/C=C\C=C\C(C)C.CNC/C=C\C=C\C(C)C.COC(=O)CCCCCCC(=O)N(C)C/C=C\C=C\C(C)C. The van der Waals surface area contributed by atoms with Crippen molar-refractivity contribution in [2.24, 2.45) is 35.5 Å². The van der Waals surface area contributed by atoms with E-state index >= 15 is 0 Å². The van der Waals surface area contributed by atoms with Crippen LogP contribution in [-0.2, 0) is 23.9 Å². The number of carbonyl (C=O) groups is 4. The molecule has 0 aliphatic heterocycles. The first-order valence-corrected chi connectivity index (χ1v) is 33.0. The van der Waals surface area contributed by atoms with Crippen LogP contribution in [0, 0.1) is 59.7 Å². The first kappa shape index (κ1) is 100. The largest absolute Gasteiger partial charge is 0.481 e. The molecular weight excluding hydrogens is 1190 g/mol. The van der Waals surface area contributed by atoms with Crippen LogP contribution in [0.25, 0.3) is 0 Å². The molecule has 90 heavy (non-hydrogen) atoms. The number of aliphatic hydroxyl groups is 4. The number of terminal acetylenes is 1. The minimum absolute atomic E-state index is 0.0531. The average molecular weight is 1330 g/mol.